The molecule has 0 spiro atoms. The van der Waals surface area contributed by atoms with Gasteiger partial charge in [0.2, 0.25) is 5.91 Å². The number of hydrogen-bond donors (Lipinski definition) is 1. The zero-order valence-corrected chi connectivity index (χ0v) is 18.8. The standard InChI is InChI=1S/C26H25F2NO5/c1-16(2)24(29-23(31)14-19-8-5-7-17-6-3-4-9-21(17)19)25(32)33-15-22(30)18-10-12-20(13-11-18)34-26(27)28/h3-13,16,24,26H,14-15H2,1-2H3,(H,29,31)/t24-/m0/s1. The van der Waals surface area contributed by atoms with Crippen LogP contribution in [0.2, 0.25) is 0 Å². The number of benzene rings is 3. The molecule has 6 nitrogen and oxygen atoms in total. The first-order valence-corrected chi connectivity index (χ1v) is 10.8. The zero-order chi connectivity index (χ0) is 24.7. The van der Waals surface area contributed by atoms with Gasteiger partial charge >= 0.3 is 12.6 Å². The molecule has 0 aliphatic heterocycles. The number of esters is 1. The van der Waals surface area contributed by atoms with Gasteiger partial charge in [0.15, 0.2) is 12.4 Å². The minimum atomic E-state index is -2.97. The van der Waals surface area contributed by atoms with Crippen LogP contribution >= 0.6 is 0 Å². The minimum absolute atomic E-state index is 0.0858. The summed E-state index contributed by atoms with van der Waals surface area (Å²) in [6.45, 7) is 0.00350. The quantitative estimate of drug-likeness (QED) is 0.348. The molecule has 1 N–H and O–H groups in total. The molecule has 0 unspecified atom stereocenters. The topological polar surface area (TPSA) is 81.7 Å². The van der Waals surface area contributed by atoms with Crippen molar-refractivity contribution in [3.63, 3.8) is 0 Å². The Labute approximate surface area is 195 Å². The molecule has 1 atom stereocenters. The molecule has 3 rings (SSSR count). The normalized spacial score (nSPS) is 11.9. The van der Waals surface area contributed by atoms with Gasteiger partial charge in [0.25, 0.3) is 0 Å². The Morgan fingerprint density at radius 3 is 2.26 bits per heavy atom. The maximum atomic E-state index is 12.7. The van der Waals surface area contributed by atoms with Crippen LogP contribution in [0, 0.1) is 5.92 Å². The summed E-state index contributed by atoms with van der Waals surface area (Å²) in [4.78, 5) is 37.6. The van der Waals surface area contributed by atoms with Crippen LogP contribution in [-0.4, -0.2) is 36.9 Å². The smallest absolute Gasteiger partial charge is 0.387 e. The summed E-state index contributed by atoms with van der Waals surface area (Å²) in [5, 5.41) is 4.68. The molecule has 0 aromatic heterocycles. The van der Waals surface area contributed by atoms with Crippen molar-refractivity contribution in [2.75, 3.05) is 6.61 Å². The Morgan fingerprint density at radius 2 is 1.59 bits per heavy atom. The van der Waals surface area contributed by atoms with E-state index in [0.29, 0.717) is 0 Å². The van der Waals surface area contributed by atoms with Gasteiger partial charge in [0.05, 0.1) is 6.42 Å². The maximum Gasteiger partial charge on any atom is 0.387 e. The summed E-state index contributed by atoms with van der Waals surface area (Å²) in [6, 6.07) is 17.5. The van der Waals surface area contributed by atoms with Gasteiger partial charge in [-0.05, 0) is 46.5 Å². The van der Waals surface area contributed by atoms with Gasteiger partial charge in [0.1, 0.15) is 11.8 Å². The summed E-state index contributed by atoms with van der Waals surface area (Å²) < 4.78 is 33.9. The number of carbonyl (C=O) groups excluding carboxylic acids is 3. The summed E-state index contributed by atoms with van der Waals surface area (Å²) >= 11 is 0. The highest BCUT2D eigenvalue weighted by Crippen LogP contribution is 2.19. The summed E-state index contributed by atoms with van der Waals surface area (Å²) in [5.74, 6) is -1.94. The first-order valence-electron chi connectivity index (χ1n) is 10.8. The number of halogens is 2. The van der Waals surface area contributed by atoms with Gasteiger partial charge in [-0.3, -0.25) is 9.59 Å². The van der Waals surface area contributed by atoms with E-state index in [-0.39, 0.29) is 29.6 Å². The number of rotatable bonds is 10. The van der Waals surface area contributed by atoms with Crippen LogP contribution in [0.4, 0.5) is 8.78 Å². The van der Waals surface area contributed by atoms with Crippen molar-refractivity contribution in [2.24, 2.45) is 5.92 Å². The second-order valence-electron chi connectivity index (χ2n) is 8.04. The fourth-order valence-corrected chi connectivity index (χ4v) is 3.47. The van der Waals surface area contributed by atoms with Crippen molar-refractivity contribution in [2.45, 2.75) is 32.9 Å². The third kappa shape index (κ3) is 6.60. The number of fused-ring (bicyclic) bond motifs is 1. The predicted octanol–water partition coefficient (Wildman–Crippen LogP) is 4.55. The van der Waals surface area contributed by atoms with E-state index in [1.807, 2.05) is 42.5 Å². The van der Waals surface area contributed by atoms with Crippen LogP contribution in [0.3, 0.4) is 0 Å². The van der Waals surface area contributed by atoms with Gasteiger partial charge in [0, 0.05) is 5.56 Å². The Hall–Kier alpha value is -3.81. The Morgan fingerprint density at radius 1 is 0.912 bits per heavy atom. The SMILES string of the molecule is CC(C)[C@H](NC(=O)Cc1cccc2ccccc12)C(=O)OCC(=O)c1ccc(OC(F)F)cc1. The molecule has 0 saturated heterocycles. The molecule has 0 aliphatic rings. The van der Waals surface area contributed by atoms with Crippen LogP contribution in [0.5, 0.6) is 5.75 Å². The number of amides is 1. The Balaban J connectivity index is 1.58. The molecule has 0 fully saturated rings. The van der Waals surface area contributed by atoms with Crippen LogP contribution in [0.15, 0.2) is 66.7 Å². The van der Waals surface area contributed by atoms with E-state index in [2.05, 4.69) is 10.1 Å². The van der Waals surface area contributed by atoms with Gasteiger partial charge in [-0.25, -0.2) is 4.79 Å². The number of ether oxygens (including phenoxy) is 2. The van der Waals surface area contributed by atoms with Crippen molar-refractivity contribution in [3.8, 4) is 5.75 Å². The van der Waals surface area contributed by atoms with E-state index < -0.39 is 31.0 Å². The van der Waals surface area contributed by atoms with Crippen molar-refractivity contribution >= 4 is 28.4 Å². The first kappa shape index (κ1) is 24.8. The average Bonchev–Trinajstić information content (AvgIpc) is 2.81. The van der Waals surface area contributed by atoms with Gasteiger partial charge in [-0.2, -0.15) is 8.78 Å². The van der Waals surface area contributed by atoms with Crippen LogP contribution < -0.4 is 10.1 Å². The number of alkyl halides is 2. The van der Waals surface area contributed by atoms with Crippen LogP contribution in [0.25, 0.3) is 10.8 Å². The van der Waals surface area contributed by atoms with Gasteiger partial charge in [-0.1, -0.05) is 56.3 Å². The highest BCUT2D eigenvalue weighted by atomic mass is 19.3. The van der Waals surface area contributed by atoms with Crippen molar-refractivity contribution in [1.82, 2.24) is 5.32 Å². The highest BCUT2D eigenvalue weighted by molar-refractivity contribution is 5.98. The Bertz CT molecular complexity index is 1160. The molecule has 0 aliphatic carbocycles. The molecule has 1 amide bonds. The second-order valence-corrected chi connectivity index (χ2v) is 8.04. The number of nitrogens with one attached hydrogen (secondary N) is 1. The predicted molar refractivity (Wildman–Crippen MR) is 123 cm³/mol. The zero-order valence-electron chi connectivity index (χ0n) is 18.8. The molecule has 0 bridgehead atoms. The summed E-state index contributed by atoms with van der Waals surface area (Å²) in [7, 11) is 0. The first-order chi connectivity index (χ1) is 16.2. The lowest BCUT2D eigenvalue weighted by molar-refractivity contribution is -0.148. The molecule has 0 heterocycles. The average molecular weight is 469 g/mol. The van der Waals surface area contributed by atoms with E-state index in [0.717, 1.165) is 16.3 Å². The molecular formula is C26H25F2NO5. The van der Waals surface area contributed by atoms with E-state index in [1.165, 1.54) is 24.3 Å². The van der Waals surface area contributed by atoms with Crippen molar-refractivity contribution in [1.29, 1.82) is 0 Å². The molecule has 3 aromatic rings. The van der Waals surface area contributed by atoms with Crippen LogP contribution in [-0.2, 0) is 20.7 Å². The van der Waals surface area contributed by atoms with E-state index in [4.69, 9.17) is 4.74 Å². The highest BCUT2D eigenvalue weighted by Gasteiger charge is 2.26. The molecule has 3 aromatic carbocycles. The third-order valence-electron chi connectivity index (χ3n) is 5.22. The van der Waals surface area contributed by atoms with E-state index in [1.54, 1.807) is 13.8 Å². The van der Waals surface area contributed by atoms with Crippen molar-refractivity contribution < 1.29 is 32.6 Å². The fourth-order valence-electron chi connectivity index (χ4n) is 3.47. The summed E-state index contributed by atoms with van der Waals surface area (Å²) in [6.07, 6.45) is 0.0871. The number of hydrogen-bond acceptors (Lipinski definition) is 5. The monoisotopic (exact) mass is 469 g/mol. The van der Waals surface area contributed by atoms with Crippen LogP contribution in [0.1, 0.15) is 29.8 Å². The summed E-state index contributed by atoms with van der Waals surface area (Å²) in [5.41, 5.74) is 1.01. The second kappa shape index (κ2) is 11.4. The lowest BCUT2D eigenvalue weighted by Gasteiger charge is -2.21. The molecule has 0 saturated carbocycles. The third-order valence-corrected chi connectivity index (χ3v) is 5.22. The van der Waals surface area contributed by atoms with Crippen molar-refractivity contribution in [3.05, 3.63) is 77.9 Å². The molecular weight excluding hydrogens is 444 g/mol. The Kier molecular flexibility index (Phi) is 8.29. The largest absolute Gasteiger partial charge is 0.456 e. The molecule has 34 heavy (non-hydrogen) atoms. The molecule has 0 radical (unpaired) electrons. The molecule has 178 valence electrons. The lowest BCUT2D eigenvalue weighted by atomic mass is 10.0. The van der Waals surface area contributed by atoms with E-state index in [9.17, 15) is 23.2 Å². The van der Waals surface area contributed by atoms with E-state index >= 15 is 0 Å². The number of ketones is 1. The lowest BCUT2D eigenvalue weighted by Crippen LogP contribution is -2.46. The number of Topliss-reactive ketones (excluding diaryl/α,β-unsaturated/α-hetero) is 1. The van der Waals surface area contributed by atoms with Gasteiger partial charge < -0.3 is 14.8 Å². The minimum Gasteiger partial charge on any atom is -0.456 e. The van der Waals surface area contributed by atoms with Gasteiger partial charge in [-0.15, -0.1) is 0 Å². The maximum absolute atomic E-state index is 12.7. The molecule has 8 heteroatoms. The fraction of sp³-hybridized carbons (Fsp3) is 0.269. The number of carbonyl (C=O) groups is 3.